The summed E-state index contributed by atoms with van der Waals surface area (Å²) in [6, 6.07) is 0. The molecular weight excluding hydrogens is 366 g/mol. The van der Waals surface area contributed by atoms with Gasteiger partial charge in [-0.2, -0.15) is 36.5 Å². The third-order valence-corrected chi connectivity index (χ3v) is 4.26. The molecule has 2 aromatic rings. The van der Waals surface area contributed by atoms with Crippen LogP contribution in [-0.2, 0) is 25.4 Å². The summed E-state index contributed by atoms with van der Waals surface area (Å²) in [5.74, 6) is 0. The Labute approximate surface area is 144 Å². The van der Waals surface area contributed by atoms with Crippen LogP contribution >= 0.6 is 0 Å². The Balaban J connectivity index is 1.56. The molecule has 0 bridgehead atoms. The number of halogens is 6. The van der Waals surface area contributed by atoms with Crippen molar-refractivity contribution >= 4 is 0 Å². The molecule has 1 aliphatic rings. The minimum Gasteiger partial charge on any atom is -0.296 e. The summed E-state index contributed by atoms with van der Waals surface area (Å²) in [4.78, 5) is 3.63. The maximum atomic E-state index is 12.8. The van der Waals surface area contributed by atoms with Gasteiger partial charge in [0.2, 0.25) is 0 Å². The Kier molecular flexibility index (Phi) is 4.97. The zero-order valence-electron chi connectivity index (χ0n) is 13.5. The second-order valence-corrected chi connectivity index (χ2v) is 6.09. The number of H-pyrrole nitrogens is 2. The highest BCUT2D eigenvalue weighted by Gasteiger charge is 2.37. The summed E-state index contributed by atoms with van der Waals surface area (Å²) < 4.78 is 77.1. The fourth-order valence-corrected chi connectivity index (χ4v) is 2.94. The van der Waals surface area contributed by atoms with E-state index in [1.54, 1.807) is 0 Å². The van der Waals surface area contributed by atoms with Crippen molar-refractivity contribution in [3.8, 4) is 0 Å². The third kappa shape index (κ3) is 4.18. The third-order valence-electron chi connectivity index (χ3n) is 4.26. The first-order chi connectivity index (χ1) is 12.1. The first-order valence-electron chi connectivity index (χ1n) is 7.78. The van der Waals surface area contributed by atoms with Gasteiger partial charge in [0.1, 0.15) is 11.4 Å². The van der Waals surface area contributed by atoms with Crippen molar-refractivity contribution in [3.05, 3.63) is 34.9 Å². The van der Waals surface area contributed by atoms with Gasteiger partial charge in [0.15, 0.2) is 0 Å². The fraction of sp³-hybridized carbons (Fsp3) is 0.571. The highest BCUT2D eigenvalue weighted by Crippen LogP contribution is 2.32. The van der Waals surface area contributed by atoms with Gasteiger partial charge in [0.25, 0.3) is 0 Å². The molecular formula is C14H16F6N6. The molecule has 3 rings (SSSR count). The van der Waals surface area contributed by atoms with Crippen LogP contribution in [0, 0.1) is 0 Å². The van der Waals surface area contributed by atoms with Gasteiger partial charge in [-0.1, -0.05) is 0 Å². The molecule has 1 aliphatic heterocycles. The molecule has 1 fully saturated rings. The van der Waals surface area contributed by atoms with E-state index in [1.807, 2.05) is 20.0 Å². The number of hydrogen-bond donors (Lipinski definition) is 2. The lowest BCUT2D eigenvalue weighted by molar-refractivity contribution is -0.143. The monoisotopic (exact) mass is 382 g/mol. The molecule has 0 amide bonds. The van der Waals surface area contributed by atoms with Crippen LogP contribution in [0.2, 0.25) is 0 Å². The lowest BCUT2D eigenvalue weighted by Gasteiger charge is -2.34. The molecule has 0 atom stereocenters. The van der Waals surface area contributed by atoms with Crippen LogP contribution < -0.4 is 0 Å². The van der Waals surface area contributed by atoms with Crippen LogP contribution in [0.3, 0.4) is 0 Å². The van der Waals surface area contributed by atoms with Crippen molar-refractivity contribution in [1.29, 1.82) is 0 Å². The zero-order valence-corrected chi connectivity index (χ0v) is 13.5. The maximum Gasteiger partial charge on any atom is 0.433 e. The lowest BCUT2D eigenvalue weighted by Crippen LogP contribution is -2.45. The maximum absolute atomic E-state index is 12.8. The van der Waals surface area contributed by atoms with E-state index in [9.17, 15) is 26.3 Å². The average Bonchev–Trinajstić information content (AvgIpc) is 3.17. The van der Waals surface area contributed by atoms with Gasteiger partial charge in [0.05, 0.1) is 12.4 Å². The van der Waals surface area contributed by atoms with E-state index >= 15 is 0 Å². The normalized spacial score (nSPS) is 17.8. The zero-order chi connectivity index (χ0) is 18.9. The van der Waals surface area contributed by atoms with E-state index < -0.39 is 23.7 Å². The smallest absolute Gasteiger partial charge is 0.296 e. The molecule has 12 heteroatoms. The van der Waals surface area contributed by atoms with E-state index in [1.165, 1.54) is 0 Å². The SMILES string of the molecule is FC(F)(F)c1[nH]ncc1CN1CCN(Cc2cn[nH]c2C(F)(F)F)CC1. The van der Waals surface area contributed by atoms with Crippen molar-refractivity contribution in [2.75, 3.05) is 26.2 Å². The van der Waals surface area contributed by atoms with Crippen LogP contribution in [0.1, 0.15) is 22.5 Å². The van der Waals surface area contributed by atoms with Crippen LogP contribution in [0.4, 0.5) is 26.3 Å². The Bertz CT molecular complexity index is 663. The predicted molar refractivity (Wildman–Crippen MR) is 77.7 cm³/mol. The summed E-state index contributed by atoms with van der Waals surface area (Å²) in [6.45, 7) is 1.95. The fourth-order valence-electron chi connectivity index (χ4n) is 2.94. The average molecular weight is 382 g/mol. The minimum absolute atomic E-state index is 0.0557. The second kappa shape index (κ2) is 6.91. The first-order valence-corrected chi connectivity index (χ1v) is 7.78. The molecule has 6 nitrogen and oxygen atoms in total. The number of rotatable bonds is 4. The minimum atomic E-state index is -4.50. The van der Waals surface area contributed by atoms with E-state index in [2.05, 4.69) is 10.2 Å². The lowest BCUT2D eigenvalue weighted by atomic mass is 10.2. The van der Waals surface area contributed by atoms with Crippen molar-refractivity contribution < 1.29 is 26.3 Å². The Morgan fingerprint density at radius 2 is 1.08 bits per heavy atom. The number of nitrogens with zero attached hydrogens (tertiary/aromatic N) is 4. The number of aromatic amines is 2. The molecule has 0 unspecified atom stereocenters. The van der Waals surface area contributed by atoms with Gasteiger partial charge in [-0.05, 0) is 0 Å². The van der Waals surface area contributed by atoms with Crippen molar-refractivity contribution in [2.45, 2.75) is 25.4 Å². The Hall–Kier alpha value is -2.08. The number of hydrogen-bond acceptors (Lipinski definition) is 4. The molecule has 3 heterocycles. The molecule has 2 aromatic heterocycles. The largest absolute Gasteiger partial charge is 0.433 e. The van der Waals surface area contributed by atoms with Crippen molar-refractivity contribution in [2.24, 2.45) is 0 Å². The summed E-state index contributed by atoms with van der Waals surface area (Å²) in [5, 5.41) is 10.8. The van der Waals surface area contributed by atoms with Gasteiger partial charge in [-0.3, -0.25) is 20.0 Å². The molecule has 144 valence electrons. The number of alkyl halides is 6. The highest BCUT2D eigenvalue weighted by molar-refractivity contribution is 5.20. The summed E-state index contributed by atoms with van der Waals surface area (Å²) in [7, 11) is 0. The second-order valence-electron chi connectivity index (χ2n) is 6.09. The molecule has 26 heavy (non-hydrogen) atoms. The molecule has 1 saturated heterocycles. The van der Waals surface area contributed by atoms with E-state index in [4.69, 9.17) is 0 Å². The highest BCUT2D eigenvalue weighted by atomic mass is 19.4. The van der Waals surface area contributed by atoms with Gasteiger partial charge < -0.3 is 0 Å². The topological polar surface area (TPSA) is 63.8 Å². The standard InChI is InChI=1S/C14H16F6N6/c15-13(16,17)11-9(5-21-23-11)7-25-1-2-26(4-3-25)8-10-6-22-24-12(10)14(18,19)20/h5-6H,1-4,7-8H2,(H,21,23)(H,22,24). The van der Waals surface area contributed by atoms with E-state index in [-0.39, 0.29) is 24.2 Å². The Morgan fingerprint density at radius 1 is 0.731 bits per heavy atom. The van der Waals surface area contributed by atoms with Gasteiger partial charge in [-0.15, -0.1) is 0 Å². The van der Waals surface area contributed by atoms with Crippen LogP contribution in [0.15, 0.2) is 12.4 Å². The van der Waals surface area contributed by atoms with Gasteiger partial charge >= 0.3 is 12.4 Å². The molecule has 0 saturated carbocycles. The van der Waals surface area contributed by atoms with E-state index in [0.717, 1.165) is 12.4 Å². The first kappa shape index (κ1) is 18.7. The quantitative estimate of drug-likeness (QED) is 0.798. The molecule has 0 aliphatic carbocycles. The van der Waals surface area contributed by atoms with Crippen LogP contribution in [0.25, 0.3) is 0 Å². The van der Waals surface area contributed by atoms with Gasteiger partial charge in [0, 0.05) is 50.4 Å². The van der Waals surface area contributed by atoms with Crippen molar-refractivity contribution in [3.63, 3.8) is 0 Å². The number of nitrogens with one attached hydrogen (secondary N) is 2. The molecule has 2 N–H and O–H groups in total. The van der Waals surface area contributed by atoms with Crippen LogP contribution in [0.5, 0.6) is 0 Å². The Morgan fingerprint density at radius 3 is 1.38 bits per heavy atom. The molecule has 0 spiro atoms. The van der Waals surface area contributed by atoms with Crippen molar-refractivity contribution in [1.82, 2.24) is 30.2 Å². The van der Waals surface area contributed by atoms with Gasteiger partial charge in [-0.25, -0.2) is 0 Å². The summed E-state index contributed by atoms with van der Waals surface area (Å²) in [5.41, 5.74) is -1.62. The number of aromatic nitrogens is 4. The van der Waals surface area contributed by atoms with Crippen LogP contribution in [-0.4, -0.2) is 56.4 Å². The molecule has 0 aromatic carbocycles. The molecule has 0 radical (unpaired) electrons. The number of piperazine rings is 1. The summed E-state index contributed by atoms with van der Waals surface area (Å²) >= 11 is 0. The summed E-state index contributed by atoms with van der Waals surface area (Å²) in [6.07, 6.45) is -6.70. The van der Waals surface area contributed by atoms with E-state index in [0.29, 0.717) is 26.2 Å². The predicted octanol–water partition coefficient (Wildman–Crippen LogP) is 2.49.